The lowest BCUT2D eigenvalue weighted by Gasteiger charge is -2.16. The molecule has 2 heterocycles. The number of rotatable bonds is 6. The molecule has 0 aliphatic carbocycles. The van der Waals surface area contributed by atoms with Gasteiger partial charge in [0.1, 0.15) is 30.7 Å². The van der Waals surface area contributed by atoms with Gasteiger partial charge in [0.25, 0.3) is 0 Å². The van der Waals surface area contributed by atoms with Crippen molar-refractivity contribution in [3.8, 4) is 0 Å². The third-order valence-electron chi connectivity index (χ3n) is 3.27. The minimum Gasteiger partial charge on any atom is -0.464 e. The van der Waals surface area contributed by atoms with E-state index in [0.717, 1.165) is 4.57 Å². The van der Waals surface area contributed by atoms with Gasteiger partial charge in [-0.1, -0.05) is 0 Å². The smallest absolute Gasteiger partial charge is 0.351 e. The lowest BCUT2D eigenvalue weighted by Crippen LogP contribution is -2.36. The maximum absolute atomic E-state index is 11.8. The number of anilines is 1. The predicted octanol–water partition coefficient (Wildman–Crippen LogP) is -1.98. The number of nitrogen functional groups attached to an aromatic ring is 1. The van der Waals surface area contributed by atoms with Crippen LogP contribution in [0, 0.1) is 0 Å². The van der Waals surface area contributed by atoms with E-state index in [-0.39, 0.29) is 25.6 Å². The standard InChI is InChI=1S/C13H19N3O7/c1-2-22-9(17)6-21-5-7-10(18)11(19)12(23-7)16-4-3-8(14)15-13(16)20/h3-4,7,10-12,18-19H,2,5-6H2,1H3,(H2,14,15,20)/t7-,10-,11-,12-/m1/s1. The fourth-order valence-corrected chi connectivity index (χ4v) is 2.18. The topological polar surface area (TPSA) is 146 Å². The third kappa shape index (κ3) is 4.05. The van der Waals surface area contributed by atoms with E-state index < -0.39 is 36.2 Å². The van der Waals surface area contributed by atoms with Gasteiger partial charge in [0.2, 0.25) is 0 Å². The Labute approximate surface area is 131 Å². The van der Waals surface area contributed by atoms with Crippen LogP contribution in [-0.2, 0) is 19.0 Å². The van der Waals surface area contributed by atoms with Crippen LogP contribution < -0.4 is 11.4 Å². The highest BCUT2D eigenvalue weighted by molar-refractivity contribution is 5.70. The number of esters is 1. The first-order chi connectivity index (χ1) is 10.9. The molecule has 0 unspecified atom stereocenters. The summed E-state index contributed by atoms with van der Waals surface area (Å²) < 4.78 is 16.2. The lowest BCUT2D eigenvalue weighted by molar-refractivity contribution is -0.150. The lowest BCUT2D eigenvalue weighted by atomic mass is 10.1. The van der Waals surface area contributed by atoms with Gasteiger partial charge in [-0.3, -0.25) is 4.57 Å². The molecule has 2 rings (SSSR count). The van der Waals surface area contributed by atoms with E-state index in [9.17, 15) is 19.8 Å². The van der Waals surface area contributed by atoms with Crippen LogP contribution in [0.3, 0.4) is 0 Å². The Hall–Kier alpha value is -2.01. The van der Waals surface area contributed by atoms with Gasteiger partial charge in [0, 0.05) is 6.20 Å². The van der Waals surface area contributed by atoms with Gasteiger partial charge in [0.15, 0.2) is 6.23 Å². The van der Waals surface area contributed by atoms with E-state index in [1.807, 2.05) is 0 Å². The highest BCUT2D eigenvalue weighted by atomic mass is 16.6. The van der Waals surface area contributed by atoms with Gasteiger partial charge >= 0.3 is 11.7 Å². The van der Waals surface area contributed by atoms with Crippen LogP contribution >= 0.6 is 0 Å². The second-order valence-corrected chi connectivity index (χ2v) is 4.91. The molecule has 23 heavy (non-hydrogen) atoms. The van der Waals surface area contributed by atoms with Crippen molar-refractivity contribution in [3.05, 3.63) is 22.7 Å². The van der Waals surface area contributed by atoms with Crippen LogP contribution in [0.25, 0.3) is 0 Å². The summed E-state index contributed by atoms with van der Waals surface area (Å²) in [5.41, 5.74) is 4.68. The molecule has 0 saturated carbocycles. The molecule has 0 amide bonds. The van der Waals surface area contributed by atoms with E-state index >= 15 is 0 Å². The Bertz CT molecular complexity index is 605. The minimum atomic E-state index is -1.35. The zero-order valence-electron chi connectivity index (χ0n) is 12.5. The Morgan fingerprint density at radius 2 is 2.22 bits per heavy atom. The molecule has 0 aromatic carbocycles. The normalized spacial score (nSPS) is 27.1. The fourth-order valence-electron chi connectivity index (χ4n) is 2.18. The van der Waals surface area contributed by atoms with Crippen LogP contribution in [0.4, 0.5) is 5.82 Å². The van der Waals surface area contributed by atoms with Gasteiger partial charge < -0.3 is 30.2 Å². The molecule has 1 aromatic rings. The summed E-state index contributed by atoms with van der Waals surface area (Å²) in [5, 5.41) is 20.0. The Kier molecular flexibility index (Phi) is 5.66. The van der Waals surface area contributed by atoms with Gasteiger partial charge in [-0.15, -0.1) is 0 Å². The van der Waals surface area contributed by atoms with Gasteiger partial charge in [-0.2, -0.15) is 4.98 Å². The maximum atomic E-state index is 11.8. The number of nitrogens with two attached hydrogens (primary N) is 1. The molecular weight excluding hydrogens is 310 g/mol. The SMILES string of the molecule is CCOC(=O)COC[C@H]1O[C@@H](n2ccc(N)nc2=O)[C@H](O)[C@@H]1O. The molecule has 0 bridgehead atoms. The first-order valence-corrected chi connectivity index (χ1v) is 7.03. The van der Waals surface area contributed by atoms with Crippen LogP contribution in [0.1, 0.15) is 13.2 Å². The van der Waals surface area contributed by atoms with Crippen molar-refractivity contribution in [2.24, 2.45) is 0 Å². The monoisotopic (exact) mass is 329 g/mol. The summed E-state index contributed by atoms with van der Waals surface area (Å²) in [6.07, 6.45) is -3.36. The van der Waals surface area contributed by atoms with Crippen molar-refractivity contribution < 1.29 is 29.2 Å². The van der Waals surface area contributed by atoms with Crippen molar-refractivity contribution in [3.63, 3.8) is 0 Å². The van der Waals surface area contributed by atoms with Crippen molar-refractivity contribution in [1.82, 2.24) is 9.55 Å². The molecule has 0 radical (unpaired) electrons. The van der Waals surface area contributed by atoms with Gasteiger partial charge in [0.05, 0.1) is 13.2 Å². The van der Waals surface area contributed by atoms with Gasteiger partial charge in [-0.25, -0.2) is 9.59 Å². The molecule has 10 nitrogen and oxygen atoms in total. The summed E-state index contributed by atoms with van der Waals surface area (Å²) in [6, 6.07) is 1.37. The van der Waals surface area contributed by atoms with Crippen LogP contribution in [-0.4, -0.2) is 63.9 Å². The molecule has 4 atom stereocenters. The van der Waals surface area contributed by atoms with Crippen molar-refractivity contribution in [2.75, 3.05) is 25.6 Å². The number of nitrogens with zero attached hydrogens (tertiary/aromatic N) is 2. The number of carbonyl (C=O) groups is 1. The molecule has 128 valence electrons. The van der Waals surface area contributed by atoms with E-state index in [1.54, 1.807) is 6.92 Å². The average Bonchev–Trinajstić information content (AvgIpc) is 2.76. The second-order valence-electron chi connectivity index (χ2n) is 4.91. The largest absolute Gasteiger partial charge is 0.464 e. The Balaban J connectivity index is 1.98. The molecular formula is C13H19N3O7. The van der Waals surface area contributed by atoms with E-state index in [1.165, 1.54) is 12.3 Å². The molecule has 10 heteroatoms. The summed E-state index contributed by atoms with van der Waals surface area (Å²) in [5.74, 6) is -0.510. The molecule has 1 aliphatic heterocycles. The number of aliphatic hydroxyl groups is 2. The second kappa shape index (κ2) is 7.51. The van der Waals surface area contributed by atoms with Crippen molar-refractivity contribution in [2.45, 2.75) is 31.5 Å². The molecule has 1 aliphatic rings. The average molecular weight is 329 g/mol. The van der Waals surface area contributed by atoms with Crippen molar-refractivity contribution >= 4 is 11.8 Å². The van der Waals surface area contributed by atoms with Crippen molar-refractivity contribution in [1.29, 1.82) is 0 Å². The number of ether oxygens (including phenoxy) is 3. The molecule has 1 aromatic heterocycles. The summed E-state index contributed by atoms with van der Waals surface area (Å²) >= 11 is 0. The Morgan fingerprint density at radius 3 is 2.87 bits per heavy atom. The number of hydrogen-bond donors (Lipinski definition) is 3. The molecule has 0 spiro atoms. The highest BCUT2D eigenvalue weighted by Gasteiger charge is 2.44. The Morgan fingerprint density at radius 1 is 1.48 bits per heavy atom. The zero-order valence-corrected chi connectivity index (χ0v) is 12.5. The van der Waals surface area contributed by atoms with E-state index in [2.05, 4.69) is 9.72 Å². The zero-order chi connectivity index (χ0) is 17.0. The third-order valence-corrected chi connectivity index (χ3v) is 3.27. The van der Waals surface area contributed by atoms with Gasteiger partial charge in [-0.05, 0) is 13.0 Å². The number of aliphatic hydroxyl groups excluding tert-OH is 2. The first kappa shape index (κ1) is 17.3. The number of carbonyl (C=O) groups excluding carboxylic acids is 1. The van der Waals surface area contributed by atoms with Crippen LogP contribution in [0.2, 0.25) is 0 Å². The van der Waals surface area contributed by atoms with E-state index in [4.69, 9.17) is 15.2 Å². The molecule has 1 saturated heterocycles. The first-order valence-electron chi connectivity index (χ1n) is 7.03. The molecule has 4 N–H and O–H groups in total. The van der Waals surface area contributed by atoms with E-state index in [0.29, 0.717) is 0 Å². The number of aromatic nitrogens is 2. The summed E-state index contributed by atoms with van der Waals surface area (Å²) in [6.45, 7) is 1.45. The minimum absolute atomic E-state index is 0.0357. The van der Waals surface area contributed by atoms with Crippen LogP contribution in [0.5, 0.6) is 0 Å². The van der Waals surface area contributed by atoms with Crippen LogP contribution in [0.15, 0.2) is 17.1 Å². The summed E-state index contributed by atoms with van der Waals surface area (Å²) in [7, 11) is 0. The maximum Gasteiger partial charge on any atom is 0.351 e. The molecule has 1 fully saturated rings. The highest BCUT2D eigenvalue weighted by Crippen LogP contribution is 2.28. The quantitative estimate of drug-likeness (QED) is 0.505. The predicted molar refractivity (Wildman–Crippen MR) is 76.3 cm³/mol. The summed E-state index contributed by atoms with van der Waals surface area (Å²) in [4.78, 5) is 26.5. The number of hydrogen-bond acceptors (Lipinski definition) is 9. The fraction of sp³-hybridized carbons (Fsp3) is 0.615.